The van der Waals surface area contributed by atoms with Crippen LogP contribution in [0.1, 0.15) is 77.0 Å². The lowest BCUT2D eigenvalue weighted by atomic mass is 9.81. The van der Waals surface area contributed by atoms with E-state index in [1.54, 1.807) is 0 Å². The summed E-state index contributed by atoms with van der Waals surface area (Å²) in [4.78, 5) is 53.4. The third kappa shape index (κ3) is 4.54. The van der Waals surface area contributed by atoms with Gasteiger partial charge >= 0.3 is 0 Å². The first kappa shape index (κ1) is 21.3. The van der Waals surface area contributed by atoms with Gasteiger partial charge in [-0.15, -0.1) is 0 Å². The molecule has 30 heavy (non-hydrogen) atoms. The normalized spacial score (nSPS) is 28.5. The molecule has 166 valence electrons. The van der Waals surface area contributed by atoms with Crippen LogP contribution in [0.4, 0.5) is 0 Å². The first-order valence-electron chi connectivity index (χ1n) is 12.0. The van der Waals surface area contributed by atoms with Crippen LogP contribution in [0.15, 0.2) is 0 Å². The average molecular weight is 418 g/mol. The highest BCUT2D eigenvalue weighted by molar-refractivity contribution is 6.05. The minimum absolute atomic E-state index is 0.0699. The van der Waals surface area contributed by atoms with Crippen LogP contribution < -0.4 is 5.32 Å². The van der Waals surface area contributed by atoms with Crippen LogP contribution >= 0.6 is 0 Å². The third-order valence-electron chi connectivity index (χ3n) is 7.62. The Balaban J connectivity index is 1.19. The lowest BCUT2D eigenvalue weighted by Crippen LogP contribution is -2.48. The monoisotopic (exact) mass is 417 g/mol. The Labute approximate surface area is 178 Å². The van der Waals surface area contributed by atoms with E-state index < -0.39 is 0 Å². The van der Waals surface area contributed by atoms with Crippen LogP contribution in [0.3, 0.4) is 0 Å². The van der Waals surface area contributed by atoms with Crippen LogP contribution in [0.2, 0.25) is 0 Å². The summed E-state index contributed by atoms with van der Waals surface area (Å²) in [6, 6.07) is 0.0699. The van der Waals surface area contributed by atoms with Gasteiger partial charge in [0.25, 0.3) is 0 Å². The zero-order valence-electron chi connectivity index (χ0n) is 17.9. The molecule has 0 aromatic carbocycles. The van der Waals surface area contributed by atoms with Gasteiger partial charge in [-0.05, 0) is 38.5 Å². The molecule has 4 rings (SSSR count). The first-order chi connectivity index (χ1) is 14.5. The second-order valence-corrected chi connectivity index (χ2v) is 9.58. The number of hydrogen-bond acceptors (Lipinski definition) is 4. The van der Waals surface area contributed by atoms with Gasteiger partial charge in [0.1, 0.15) is 0 Å². The molecule has 2 heterocycles. The molecule has 7 nitrogen and oxygen atoms in total. The van der Waals surface area contributed by atoms with Gasteiger partial charge in [-0.3, -0.25) is 24.1 Å². The van der Waals surface area contributed by atoms with Crippen molar-refractivity contribution in [3.05, 3.63) is 0 Å². The van der Waals surface area contributed by atoms with Crippen molar-refractivity contribution in [2.75, 3.05) is 19.6 Å². The predicted octanol–water partition coefficient (Wildman–Crippen LogP) is 2.24. The zero-order chi connectivity index (χ0) is 21.1. The molecular formula is C23H35N3O4. The molecule has 0 aromatic heterocycles. The van der Waals surface area contributed by atoms with Crippen molar-refractivity contribution in [2.45, 2.75) is 83.1 Å². The fourth-order valence-electron chi connectivity index (χ4n) is 5.82. The number of likely N-dealkylation sites (tertiary alicyclic amines) is 2. The molecule has 4 fully saturated rings. The minimum atomic E-state index is -0.152. The van der Waals surface area contributed by atoms with Crippen molar-refractivity contribution in [2.24, 2.45) is 17.8 Å². The summed E-state index contributed by atoms with van der Waals surface area (Å²) in [5, 5.41) is 3.05. The first-order valence-corrected chi connectivity index (χ1v) is 12.0. The number of fused-ring (bicyclic) bond motifs is 1. The molecule has 2 atom stereocenters. The van der Waals surface area contributed by atoms with Gasteiger partial charge in [-0.1, -0.05) is 32.1 Å². The predicted molar refractivity (Wildman–Crippen MR) is 111 cm³/mol. The van der Waals surface area contributed by atoms with E-state index in [2.05, 4.69) is 5.32 Å². The quantitative estimate of drug-likeness (QED) is 0.695. The maximum Gasteiger partial charge on any atom is 0.233 e. The lowest BCUT2D eigenvalue weighted by molar-refractivity contribution is -0.140. The van der Waals surface area contributed by atoms with Crippen LogP contribution in [0, 0.1) is 17.8 Å². The molecule has 0 spiro atoms. The second-order valence-electron chi connectivity index (χ2n) is 9.58. The number of hydrogen-bond donors (Lipinski definition) is 1. The van der Waals surface area contributed by atoms with Crippen molar-refractivity contribution < 1.29 is 19.2 Å². The second kappa shape index (κ2) is 9.48. The molecular weight excluding hydrogens is 382 g/mol. The number of rotatable bonds is 5. The summed E-state index contributed by atoms with van der Waals surface area (Å²) >= 11 is 0. The lowest BCUT2D eigenvalue weighted by Gasteiger charge is -2.35. The minimum Gasteiger partial charge on any atom is -0.353 e. The van der Waals surface area contributed by atoms with Gasteiger partial charge in [0.2, 0.25) is 23.6 Å². The molecule has 0 bridgehead atoms. The molecule has 4 amide bonds. The summed E-state index contributed by atoms with van der Waals surface area (Å²) in [6.45, 7) is 1.59. The molecule has 4 aliphatic rings. The molecule has 1 N–H and O–H groups in total. The van der Waals surface area contributed by atoms with Gasteiger partial charge in [0, 0.05) is 38.0 Å². The Morgan fingerprint density at radius 3 is 1.97 bits per heavy atom. The van der Waals surface area contributed by atoms with Crippen molar-refractivity contribution in [3.63, 3.8) is 0 Å². The number of carbonyl (C=O) groups is 4. The number of carbonyl (C=O) groups excluding carboxylic acids is 4. The highest BCUT2D eigenvalue weighted by atomic mass is 16.2. The Bertz CT molecular complexity index is 656. The number of amides is 4. The fraction of sp³-hybridized carbons (Fsp3) is 0.826. The molecule has 2 aliphatic heterocycles. The van der Waals surface area contributed by atoms with Gasteiger partial charge in [-0.2, -0.15) is 0 Å². The molecule has 0 radical (unpaired) electrons. The zero-order valence-corrected chi connectivity index (χ0v) is 17.9. The van der Waals surface area contributed by atoms with E-state index in [9.17, 15) is 19.2 Å². The highest BCUT2D eigenvalue weighted by Crippen LogP contribution is 2.38. The smallest absolute Gasteiger partial charge is 0.233 e. The molecule has 7 heteroatoms. The van der Waals surface area contributed by atoms with Crippen LogP contribution in [-0.2, 0) is 19.2 Å². The van der Waals surface area contributed by atoms with E-state index in [0.29, 0.717) is 19.0 Å². The van der Waals surface area contributed by atoms with Crippen molar-refractivity contribution in [1.82, 2.24) is 15.1 Å². The number of piperidine rings is 1. The van der Waals surface area contributed by atoms with E-state index in [1.165, 1.54) is 11.3 Å². The highest BCUT2D eigenvalue weighted by Gasteiger charge is 2.47. The third-order valence-corrected chi connectivity index (χ3v) is 7.62. The van der Waals surface area contributed by atoms with E-state index in [4.69, 9.17) is 0 Å². The maximum absolute atomic E-state index is 12.7. The van der Waals surface area contributed by atoms with E-state index in [0.717, 1.165) is 64.2 Å². The van der Waals surface area contributed by atoms with Crippen LogP contribution in [0.5, 0.6) is 0 Å². The van der Waals surface area contributed by atoms with Crippen molar-refractivity contribution in [3.8, 4) is 0 Å². The Kier molecular flexibility index (Phi) is 6.74. The topological polar surface area (TPSA) is 86.8 Å². The Morgan fingerprint density at radius 1 is 0.800 bits per heavy atom. The summed E-state index contributed by atoms with van der Waals surface area (Å²) in [5.74, 6) is -0.0709. The number of imide groups is 1. The van der Waals surface area contributed by atoms with E-state index in [1.807, 2.05) is 4.90 Å². The Hall–Kier alpha value is -1.92. The number of nitrogens with zero attached hydrogens (tertiary/aromatic N) is 2. The molecule has 2 saturated heterocycles. The van der Waals surface area contributed by atoms with E-state index >= 15 is 0 Å². The fourth-order valence-corrected chi connectivity index (χ4v) is 5.82. The summed E-state index contributed by atoms with van der Waals surface area (Å²) in [7, 11) is 0. The van der Waals surface area contributed by atoms with Gasteiger partial charge < -0.3 is 10.2 Å². The standard InChI is InChI=1S/C23H35N3O4/c27-20(12-15-26-22(29)18-8-4-5-9-19(18)23(26)30)24-17-10-13-25(14-11-17)21(28)16-6-2-1-3-7-16/h16-19H,1-15H2,(H,24,27). The summed E-state index contributed by atoms with van der Waals surface area (Å²) in [6.07, 6.45) is 10.9. The van der Waals surface area contributed by atoms with Gasteiger partial charge in [-0.25, -0.2) is 0 Å². The maximum atomic E-state index is 12.7. The molecule has 2 unspecified atom stereocenters. The molecule has 0 aromatic rings. The van der Waals surface area contributed by atoms with Crippen LogP contribution in [0.25, 0.3) is 0 Å². The van der Waals surface area contributed by atoms with Gasteiger partial charge in [0.05, 0.1) is 11.8 Å². The van der Waals surface area contributed by atoms with Crippen molar-refractivity contribution >= 4 is 23.6 Å². The summed E-state index contributed by atoms with van der Waals surface area (Å²) < 4.78 is 0. The molecule has 2 saturated carbocycles. The average Bonchev–Trinajstić information content (AvgIpc) is 3.03. The Morgan fingerprint density at radius 2 is 1.37 bits per heavy atom. The largest absolute Gasteiger partial charge is 0.353 e. The van der Waals surface area contributed by atoms with E-state index in [-0.39, 0.29) is 54.5 Å². The van der Waals surface area contributed by atoms with Crippen LogP contribution in [-0.4, -0.2) is 59.1 Å². The van der Waals surface area contributed by atoms with Gasteiger partial charge in [0.15, 0.2) is 0 Å². The molecule has 2 aliphatic carbocycles. The SMILES string of the molecule is O=C(CCN1C(=O)C2CCCCC2C1=O)NC1CCN(C(=O)C2CCCCC2)CC1. The summed E-state index contributed by atoms with van der Waals surface area (Å²) in [5.41, 5.74) is 0. The van der Waals surface area contributed by atoms with Crippen molar-refractivity contribution in [1.29, 1.82) is 0 Å². The number of nitrogens with one attached hydrogen (secondary N) is 1.